The average Bonchev–Trinajstić information content (AvgIpc) is 3.49. The fourth-order valence-corrected chi connectivity index (χ4v) is 3.85. The molecule has 1 N–H and O–H groups in total. The van der Waals surface area contributed by atoms with Crippen LogP contribution in [0.3, 0.4) is 0 Å². The third-order valence-corrected chi connectivity index (χ3v) is 5.71. The zero-order valence-corrected chi connectivity index (χ0v) is 17.9. The summed E-state index contributed by atoms with van der Waals surface area (Å²) in [5.41, 5.74) is 3.68. The number of thiophene rings is 1. The largest absolute Gasteiger partial charge is 0.342 e. The highest BCUT2D eigenvalue weighted by atomic mass is 32.1. The molecule has 0 aliphatic heterocycles. The van der Waals surface area contributed by atoms with Crippen LogP contribution < -0.4 is 5.32 Å². The molecule has 0 aliphatic carbocycles. The van der Waals surface area contributed by atoms with Crippen molar-refractivity contribution in [2.75, 3.05) is 13.6 Å². The molecule has 0 saturated heterocycles. The highest BCUT2D eigenvalue weighted by Crippen LogP contribution is 2.24. The molecule has 2 aromatic carbocycles. The summed E-state index contributed by atoms with van der Waals surface area (Å²) in [5.74, 6) is -0.407. The maximum Gasteiger partial charge on any atom is 0.261 e. The summed E-state index contributed by atoms with van der Waals surface area (Å²) in [6.07, 6.45) is 1.95. The van der Waals surface area contributed by atoms with Gasteiger partial charge >= 0.3 is 0 Å². The summed E-state index contributed by atoms with van der Waals surface area (Å²) in [7, 11) is 1.73. The standard InChI is InChI=1S/C24H22N4O2S/c1-27(22(29)15-25-24(30)21-13-8-14-31-21)16-19-17-28(20-11-6-3-7-12-20)26-23(19)18-9-4-2-5-10-18/h2-14,17H,15-16H2,1H3,(H,25,30). The van der Waals surface area contributed by atoms with Crippen molar-refractivity contribution in [2.45, 2.75) is 6.54 Å². The summed E-state index contributed by atoms with van der Waals surface area (Å²) >= 11 is 1.35. The van der Waals surface area contributed by atoms with Gasteiger partial charge in [0.2, 0.25) is 5.91 Å². The van der Waals surface area contributed by atoms with Gasteiger partial charge in [-0.3, -0.25) is 9.59 Å². The van der Waals surface area contributed by atoms with Gasteiger partial charge in [-0.2, -0.15) is 5.10 Å². The SMILES string of the molecule is CN(Cc1cn(-c2ccccc2)nc1-c1ccccc1)C(=O)CNC(=O)c1cccs1. The second-order valence-corrected chi connectivity index (χ2v) is 8.01. The first kappa shape index (κ1) is 20.6. The number of likely N-dealkylation sites (N-methyl/N-ethyl adjacent to an activating group) is 1. The zero-order chi connectivity index (χ0) is 21.6. The number of amides is 2. The molecule has 0 atom stereocenters. The van der Waals surface area contributed by atoms with Crippen LogP contribution in [0.4, 0.5) is 0 Å². The number of carbonyl (C=O) groups excluding carboxylic acids is 2. The molecule has 156 valence electrons. The summed E-state index contributed by atoms with van der Waals surface area (Å²) < 4.78 is 1.83. The van der Waals surface area contributed by atoms with Crippen LogP contribution in [0.5, 0.6) is 0 Å². The van der Waals surface area contributed by atoms with Crippen molar-refractivity contribution in [3.8, 4) is 16.9 Å². The first-order valence-corrected chi connectivity index (χ1v) is 10.7. The Kier molecular flexibility index (Phi) is 6.24. The lowest BCUT2D eigenvalue weighted by Gasteiger charge is -2.17. The minimum atomic E-state index is -0.237. The van der Waals surface area contributed by atoms with Crippen molar-refractivity contribution in [1.82, 2.24) is 20.0 Å². The topological polar surface area (TPSA) is 67.2 Å². The van der Waals surface area contributed by atoms with E-state index in [4.69, 9.17) is 5.10 Å². The number of benzene rings is 2. The fraction of sp³-hybridized carbons (Fsp3) is 0.125. The van der Waals surface area contributed by atoms with Gasteiger partial charge in [0.25, 0.3) is 5.91 Å². The van der Waals surface area contributed by atoms with Crippen molar-refractivity contribution in [1.29, 1.82) is 0 Å². The molecule has 7 heteroatoms. The Labute approximate surface area is 184 Å². The quantitative estimate of drug-likeness (QED) is 0.482. The Balaban J connectivity index is 1.51. The minimum absolute atomic E-state index is 0.0548. The summed E-state index contributed by atoms with van der Waals surface area (Å²) in [5, 5.41) is 9.30. The van der Waals surface area contributed by atoms with Crippen LogP contribution in [0, 0.1) is 0 Å². The summed E-state index contributed by atoms with van der Waals surface area (Å²) in [4.78, 5) is 26.9. The molecule has 6 nitrogen and oxygen atoms in total. The van der Waals surface area contributed by atoms with Gasteiger partial charge in [0.05, 0.1) is 22.8 Å². The van der Waals surface area contributed by atoms with Crippen molar-refractivity contribution in [3.63, 3.8) is 0 Å². The zero-order valence-electron chi connectivity index (χ0n) is 17.1. The van der Waals surface area contributed by atoms with E-state index in [1.807, 2.05) is 83.0 Å². The van der Waals surface area contributed by atoms with Gasteiger partial charge in [-0.25, -0.2) is 4.68 Å². The number of para-hydroxylation sites is 1. The minimum Gasteiger partial charge on any atom is -0.342 e. The fourth-order valence-electron chi connectivity index (χ4n) is 3.21. The van der Waals surface area contributed by atoms with Crippen molar-refractivity contribution < 1.29 is 9.59 Å². The molecule has 2 heterocycles. The van der Waals surface area contributed by atoms with Crippen LogP contribution in [0.2, 0.25) is 0 Å². The Morgan fingerprint density at radius 2 is 1.71 bits per heavy atom. The van der Waals surface area contributed by atoms with Gasteiger partial charge in [-0.1, -0.05) is 54.6 Å². The van der Waals surface area contributed by atoms with E-state index in [1.54, 1.807) is 18.0 Å². The molecule has 2 aromatic heterocycles. The van der Waals surface area contributed by atoms with Gasteiger partial charge in [0, 0.05) is 30.9 Å². The Hall–Kier alpha value is -3.71. The van der Waals surface area contributed by atoms with Gasteiger partial charge in [0.15, 0.2) is 0 Å². The Morgan fingerprint density at radius 1 is 1.00 bits per heavy atom. The summed E-state index contributed by atoms with van der Waals surface area (Å²) in [6, 6.07) is 23.3. The van der Waals surface area contributed by atoms with E-state index in [-0.39, 0.29) is 18.4 Å². The van der Waals surface area contributed by atoms with Gasteiger partial charge in [-0.15, -0.1) is 11.3 Å². The van der Waals surface area contributed by atoms with Crippen LogP contribution in [0.15, 0.2) is 84.4 Å². The molecule has 0 spiro atoms. The molecule has 0 radical (unpaired) electrons. The number of nitrogens with one attached hydrogen (secondary N) is 1. The number of hydrogen-bond donors (Lipinski definition) is 1. The molecule has 31 heavy (non-hydrogen) atoms. The third kappa shape index (κ3) is 4.90. The van der Waals surface area contributed by atoms with Crippen LogP contribution in [0.25, 0.3) is 16.9 Å². The van der Waals surface area contributed by atoms with E-state index >= 15 is 0 Å². The molecule has 0 fully saturated rings. The van der Waals surface area contributed by atoms with Crippen molar-refractivity contribution in [2.24, 2.45) is 0 Å². The summed E-state index contributed by atoms with van der Waals surface area (Å²) in [6.45, 7) is 0.325. The highest BCUT2D eigenvalue weighted by molar-refractivity contribution is 7.12. The van der Waals surface area contributed by atoms with Crippen molar-refractivity contribution in [3.05, 3.63) is 94.8 Å². The predicted molar refractivity (Wildman–Crippen MR) is 122 cm³/mol. The molecule has 0 aliphatic rings. The monoisotopic (exact) mass is 430 g/mol. The lowest BCUT2D eigenvalue weighted by Crippen LogP contribution is -2.37. The second-order valence-electron chi connectivity index (χ2n) is 7.06. The number of nitrogens with zero attached hydrogens (tertiary/aromatic N) is 3. The number of carbonyl (C=O) groups is 2. The number of hydrogen-bond acceptors (Lipinski definition) is 4. The smallest absolute Gasteiger partial charge is 0.261 e. The highest BCUT2D eigenvalue weighted by Gasteiger charge is 2.17. The average molecular weight is 431 g/mol. The van der Waals surface area contributed by atoms with Gasteiger partial charge in [0.1, 0.15) is 0 Å². The molecule has 4 aromatic rings. The van der Waals surface area contributed by atoms with Gasteiger partial charge < -0.3 is 10.2 Å². The maximum atomic E-state index is 12.6. The van der Waals surface area contributed by atoms with Crippen LogP contribution >= 0.6 is 11.3 Å². The Morgan fingerprint density at radius 3 is 2.39 bits per heavy atom. The molecule has 0 bridgehead atoms. The van der Waals surface area contributed by atoms with Crippen molar-refractivity contribution >= 4 is 23.2 Å². The molecular formula is C24H22N4O2S. The van der Waals surface area contributed by atoms with E-state index in [9.17, 15) is 9.59 Å². The third-order valence-electron chi connectivity index (χ3n) is 4.84. The van der Waals surface area contributed by atoms with E-state index in [2.05, 4.69) is 5.32 Å². The molecular weight excluding hydrogens is 408 g/mol. The lowest BCUT2D eigenvalue weighted by molar-refractivity contribution is -0.129. The van der Waals surface area contributed by atoms with Crippen LogP contribution in [-0.4, -0.2) is 40.1 Å². The molecule has 0 saturated carbocycles. The van der Waals surface area contributed by atoms with E-state index in [1.165, 1.54) is 11.3 Å². The predicted octanol–water partition coefficient (Wildman–Crippen LogP) is 3.99. The lowest BCUT2D eigenvalue weighted by atomic mass is 10.1. The van der Waals surface area contributed by atoms with E-state index in [0.717, 1.165) is 22.5 Å². The maximum absolute atomic E-state index is 12.6. The van der Waals surface area contributed by atoms with Crippen LogP contribution in [0.1, 0.15) is 15.2 Å². The normalized spacial score (nSPS) is 10.6. The van der Waals surface area contributed by atoms with E-state index < -0.39 is 0 Å². The molecule has 2 amide bonds. The number of aromatic nitrogens is 2. The first-order chi connectivity index (χ1) is 15.1. The van der Waals surface area contributed by atoms with Gasteiger partial charge in [-0.05, 0) is 23.6 Å². The van der Waals surface area contributed by atoms with Crippen LogP contribution in [-0.2, 0) is 11.3 Å². The van der Waals surface area contributed by atoms with E-state index in [0.29, 0.717) is 11.4 Å². The molecule has 0 unspecified atom stereocenters. The first-order valence-electron chi connectivity index (χ1n) is 9.87. The Bertz CT molecular complexity index is 1160. The second kappa shape index (κ2) is 9.40. The number of rotatable bonds is 7. The molecule has 4 rings (SSSR count).